The SMILES string of the molecule is Cc1cccc(NCC2Cc3ccccc32)c1C. The molecule has 0 spiro atoms. The molecule has 1 heteroatoms. The Balaban J connectivity index is 1.69. The predicted octanol–water partition coefficient (Wildman–Crippen LogP) is 4.06. The molecule has 0 fully saturated rings. The van der Waals surface area contributed by atoms with Crippen molar-refractivity contribution in [2.45, 2.75) is 26.2 Å². The van der Waals surface area contributed by atoms with Crippen LogP contribution in [0.1, 0.15) is 28.2 Å². The Morgan fingerprint density at radius 3 is 2.72 bits per heavy atom. The van der Waals surface area contributed by atoms with Crippen molar-refractivity contribution in [1.29, 1.82) is 0 Å². The maximum absolute atomic E-state index is 3.60. The van der Waals surface area contributed by atoms with Gasteiger partial charge >= 0.3 is 0 Å². The summed E-state index contributed by atoms with van der Waals surface area (Å²) in [4.78, 5) is 0. The lowest BCUT2D eigenvalue weighted by molar-refractivity contribution is 0.635. The van der Waals surface area contributed by atoms with Crippen LogP contribution in [-0.4, -0.2) is 6.54 Å². The molecule has 1 unspecified atom stereocenters. The maximum atomic E-state index is 3.60. The Morgan fingerprint density at radius 1 is 1.06 bits per heavy atom. The van der Waals surface area contributed by atoms with Crippen molar-refractivity contribution in [3.63, 3.8) is 0 Å². The number of anilines is 1. The number of aryl methyl sites for hydroxylation is 1. The standard InChI is InChI=1S/C17H19N/c1-12-6-5-9-17(13(12)2)18-11-15-10-14-7-3-4-8-16(14)15/h3-9,15,18H,10-11H2,1-2H3. The van der Waals surface area contributed by atoms with Crippen LogP contribution in [0.4, 0.5) is 5.69 Å². The van der Waals surface area contributed by atoms with Crippen molar-refractivity contribution in [2.24, 2.45) is 0 Å². The van der Waals surface area contributed by atoms with Crippen molar-refractivity contribution >= 4 is 5.69 Å². The second kappa shape index (κ2) is 4.49. The summed E-state index contributed by atoms with van der Waals surface area (Å²) in [6.45, 7) is 5.40. The molecule has 0 saturated heterocycles. The highest BCUT2D eigenvalue weighted by molar-refractivity contribution is 5.54. The average molecular weight is 237 g/mol. The summed E-state index contributed by atoms with van der Waals surface area (Å²) in [7, 11) is 0. The number of rotatable bonds is 3. The topological polar surface area (TPSA) is 12.0 Å². The van der Waals surface area contributed by atoms with Crippen molar-refractivity contribution in [3.05, 3.63) is 64.7 Å². The molecule has 0 amide bonds. The number of hydrogen-bond donors (Lipinski definition) is 1. The number of fused-ring (bicyclic) bond motifs is 1. The Bertz CT molecular complexity index is 572. The van der Waals surface area contributed by atoms with E-state index in [1.165, 1.54) is 34.4 Å². The van der Waals surface area contributed by atoms with Gasteiger partial charge in [0, 0.05) is 18.2 Å². The summed E-state index contributed by atoms with van der Waals surface area (Å²) in [5.41, 5.74) is 7.04. The Kier molecular flexibility index (Phi) is 2.83. The first-order valence-corrected chi connectivity index (χ1v) is 6.63. The van der Waals surface area contributed by atoms with Gasteiger partial charge in [-0.1, -0.05) is 36.4 Å². The molecule has 1 atom stereocenters. The summed E-state index contributed by atoms with van der Waals surface area (Å²) in [5, 5.41) is 3.60. The van der Waals surface area contributed by atoms with Crippen molar-refractivity contribution in [2.75, 3.05) is 11.9 Å². The molecule has 1 nitrogen and oxygen atoms in total. The molecule has 0 saturated carbocycles. The molecular formula is C17H19N. The van der Waals surface area contributed by atoms with Crippen LogP contribution in [0.25, 0.3) is 0 Å². The molecular weight excluding hydrogens is 218 g/mol. The van der Waals surface area contributed by atoms with Gasteiger partial charge in [-0.2, -0.15) is 0 Å². The third-order valence-corrected chi connectivity index (χ3v) is 4.10. The zero-order chi connectivity index (χ0) is 12.5. The molecule has 3 rings (SSSR count). The second-order valence-electron chi connectivity index (χ2n) is 5.23. The predicted molar refractivity (Wildman–Crippen MR) is 77.3 cm³/mol. The molecule has 2 aromatic rings. The van der Waals surface area contributed by atoms with Gasteiger partial charge in [0.05, 0.1) is 0 Å². The summed E-state index contributed by atoms with van der Waals surface area (Å²) >= 11 is 0. The third-order valence-electron chi connectivity index (χ3n) is 4.10. The lowest BCUT2D eigenvalue weighted by atomic mass is 9.77. The highest BCUT2D eigenvalue weighted by Gasteiger charge is 2.24. The molecule has 18 heavy (non-hydrogen) atoms. The van der Waals surface area contributed by atoms with E-state index < -0.39 is 0 Å². The maximum Gasteiger partial charge on any atom is 0.0372 e. The van der Waals surface area contributed by atoms with Crippen molar-refractivity contribution in [1.82, 2.24) is 0 Å². The summed E-state index contributed by atoms with van der Waals surface area (Å²) < 4.78 is 0. The molecule has 1 aliphatic carbocycles. The highest BCUT2D eigenvalue weighted by Crippen LogP contribution is 2.35. The van der Waals surface area contributed by atoms with E-state index in [1.54, 1.807) is 0 Å². The summed E-state index contributed by atoms with van der Waals surface area (Å²) in [5.74, 6) is 0.682. The minimum Gasteiger partial charge on any atom is -0.384 e. The van der Waals surface area contributed by atoms with Crippen LogP contribution in [0.3, 0.4) is 0 Å². The summed E-state index contributed by atoms with van der Waals surface area (Å²) in [6.07, 6.45) is 1.22. The van der Waals surface area contributed by atoms with Gasteiger partial charge in [0.2, 0.25) is 0 Å². The molecule has 0 aromatic heterocycles. The Labute approximate surface area is 109 Å². The molecule has 1 N–H and O–H groups in total. The van der Waals surface area contributed by atoms with E-state index in [4.69, 9.17) is 0 Å². The van der Waals surface area contributed by atoms with Gasteiger partial charge in [0.25, 0.3) is 0 Å². The fourth-order valence-corrected chi connectivity index (χ4v) is 2.72. The van der Waals surface area contributed by atoms with E-state index in [-0.39, 0.29) is 0 Å². The van der Waals surface area contributed by atoms with Crippen LogP contribution in [0, 0.1) is 13.8 Å². The molecule has 0 heterocycles. The van der Waals surface area contributed by atoms with Gasteiger partial charge in [0.1, 0.15) is 0 Å². The van der Waals surface area contributed by atoms with Crippen molar-refractivity contribution < 1.29 is 0 Å². The van der Waals surface area contributed by atoms with Crippen LogP contribution < -0.4 is 5.32 Å². The van der Waals surface area contributed by atoms with Gasteiger partial charge in [-0.25, -0.2) is 0 Å². The average Bonchev–Trinajstić information content (AvgIpc) is 2.35. The van der Waals surface area contributed by atoms with E-state index in [2.05, 4.69) is 61.6 Å². The van der Waals surface area contributed by atoms with Gasteiger partial charge in [0.15, 0.2) is 0 Å². The number of benzene rings is 2. The van der Waals surface area contributed by atoms with Gasteiger partial charge in [-0.3, -0.25) is 0 Å². The fraction of sp³-hybridized carbons (Fsp3) is 0.294. The Morgan fingerprint density at radius 2 is 1.89 bits per heavy atom. The van der Waals surface area contributed by atoms with Crippen LogP contribution in [-0.2, 0) is 6.42 Å². The largest absolute Gasteiger partial charge is 0.384 e. The van der Waals surface area contributed by atoms with Gasteiger partial charge in [-0.05, 0) is 48.6 Å². The van der Waals surface area contributed by atoms with Gasteiger partial charge in [-0.15, -0.1) is 0 Å². The highest BCUT2D eigenvalue weighted by atomic mass is 14.9. The normalized spacial score (nSPS) is 16.9. The fourth-order valence-electron chi connectivity index (χ4n) is 2.72. The molecule has 1 aliphatic rings. The lowest BCUT2D eigenvalue weighted by Gasteiger charge is -2.30. The molecule has 2 aromatic carbocycles. The van der Waals surface area contributed by atoms with Crippen LogP contribution >= 0.6 is 0 Å². The molecule has 92 valence electrons. The lowest BCUT2D eigenvalue weighted by Crippen LogP contribution is -2.24. The van der Waals surface area contributed by atoms with Crippen LogP contribution in [0.2, 0.25) is 0 Å². The first-order valence-electron chi connectivity index (χ1n) is 6.63. The van der Waals surface area contributed by atoms with Crippen molar-refractivity contribution in [3.8, 4) is 0 Å². The zero-order valence-electron chi connectivity index (χ0n) is 11.0. The van der Waals surface area contributed by atoms with Crippen LogP contribution in [0.15, 0.2) is 42.5 Å². The first-order chi connectivity index (χ1) is 8.75. The minimum absolute atomic E-state index is 0.682. The summed E-state index contributed by atoms with van der Waals surface area (Å²) in [6, 6.07) is 15.2. The van der Waals surface area contributed by atoms with Crippen LogP contribution in [0.5, 0.6) is 0 Å². The third kappa shape index (κ3) is 1.90. The molecule has 0 aliphatic heterocycles. The molecule has 0 radical (unpaired) electrons. The minimum atomic E-state index is 0.682. The smallest absolute Gasteiger partial charge is 0.0372 e. The van der Waals surface area contributed by atoms with E-state index in [0.29, 0.717) is 5.92 Å². The first kappa shape index (κ1) is 11.3. The van der Waals surface area contributed by atoms with E-state index in [1.807, 2.05) is 0 Å². The van der Waals surface area contributed by atoms with Gasteiger partial charge < -0.3 is 5.32 Å². The quantitative estimate of drug-likeness (QED) is 0.849. The monoisotopic (exact) mass is 237 g/mol. The second-order valence-corrected chi connectivity index (χ2v) is 5.23. The van der Waals surface area contributed by atoms with E-state index >= 15 is 0 Å². The Hall–Kier alpha value is -1.76. The number of nitrogens with one attached hydrogen (secondary N) is 1. The molecule has 0 bridgehead atoms. The van der Waals surface area contributed by atoms with E-state index in [0.717, 1.165) is 6.54 Å². The van der Waals surface area contributed by atoms with E-state index in [9.17, 15) is 0 Å². The zero-order valence-corrected chi connectivity index (χ0v) is 11.0. The number of hydrogen-bond acceptors (Lipinski definition) is 1.